The summed E-state index contributed by atoms with van der Waals surface area (Å²) in [6.45, 7) is 0.941. The summed E-state index contributed by atoms with van der Waals surface area (Å²) in [6, 6.07) is 11.5. The molecule has 0 amide bonds. The summed E-state index contributed by atoms with van der Waals surface area (Å²) in [4.78, 5) is 12.3. The summed E-state index contributed by atoms with van der Waals surface area (Å²) in [5, 5.41) is 19.9. The van der Waals surface area contributed by atoms with Crippen LogP contribution in [0.25, 0.3) is 0 Å². The van der Waals surface area contributed by atoms with Gasteiger partial charge in [-0.05, 0) is 12.1 Å². The molecule has 1 saturated heterocycles. The summed E-state index contributed by atoms with van der Waals surface area (Å²) < 4.78 is 10.3. The van der Waals surface area contributed by atoms with Crippen LogP contribution < -0.4 is 4.74 Å². The van der Waals surface area contributed by atoms with Crippen LogP contribution in [0.5, 0.6) is 17.2 Å². The lowest BCUT2D eigenvalue weighted by atomic mass is 10.0. The number of ketones is 1. The first-order valence-corrected chi connectivity index (χ1v) is 6.56. The van der Waals surface area contributed by atoms with Crippen molar-refractivity contribution in [3.05, 3.63) is 53.6 Å². The lowest BCUT2D eigenvalue weighted by Crippen LogP contribution is -2.06. The quantitative estimate of drug-likeness (QED) is 0.500. The molecule has 1 aliphatic rings. The van der Waals surface area contributed by atoms with Crippen LogP contribution in [-0.2, 0) is 4.74 Å². The lowest BCUT2D eigenvalue weighted by Gasteiger charge is -2.11. The number of epoxide rings is 1. The van der Waals surface area contributed by atoms with E-state index in [-0.39, 0.29) is 23.2 Å². The number of phenolic OH excluding ortho intramolecular Hbond substituents is 2. The third kappa shape index (κ3) is 2.83. The van der Waals surface area contributed by atoms with Crippen LogP contribution in [0.4, 0.5) is 0 Å². The molecule has 0 spiro atoms. The Bertz CT molecular complexity index is 662. The van der Waals surface area contributed by atoms with Crippen molar-refractivity contribution in [3.63, 3.8) is 0 Å². The van der Waals surface area contributed by atoms with E-state index >= 15 is 0 Å². The minimum atomic E-state index is -0.474. The smallest absolute Gasteiger partial charge is 0.201 e. The monoisotopic (exact) mass is 286 g/mol. The molecular weight excluding hydrogens is 272 g/mol. The molecule has 2 N–H and O–H groups in total. The lowest BCUT2D eigenvalue weighted by molar-refractivity contribution is 0.103. The van der Waals surface area contributed by atoms with Gasteiger partial charge in [-0.15, -0.1) is 0 Å². The summed E-state index contributed by atoms with van der Waals surface area (Å²) in [6.07, 6.45) is 0.0390. The van der Waals surface area contributed by atoms with Crippen LogP contribution in [0, 0.1) is 0 Å². The number of hydrogen-bond acceptors (Lipinski definition) is 5. The molecule has 5 nitrogen and oxygen atoms in total. The molecule has 3 rings (SSSR count). The van der Waals surface area contributed by atoms with E-state index in [1.54, 1.807) is 30.3 Å². The highest BCUT2D eigenvalue weighted by Gasteiger charge is 2.25. The second-order valence-corrected chi connectivity index (χ2v) is 4.77. The molecule has 0 radical (unpaired) electrons. The zero-order valence-corrected chi connectivity index (χ0v) is 11.2. The summed E-state index contributed by atoms with van der Waals surface area (Å²) in [5.41, 5.74) is 0.473. The van der Waals surface area contributed by atoms with Crippen LogP contribution in [0.3, 0.4) is 0 Å². The van der Waals surface area contributed by atoms with Gasteiger partial charge in [0.1, 0.15) is 12.7 Å². The van der Waals surface area contributed by atoms with Gasteiger partial charge in [0.25, 0.3) is 0 Å². The second kappa shape index (κ2) is 5.46. The maximum Gasteiger partial charge on any atom is 0.201 e. The zero-order valence-electron chi connectivity index (χ0n) is 11.2. The number of hydrogen-bond donors (Lipinski definition) is 2. The van der Waals surface area contributed by atoms with E-state index < -0.39 is 11.5 Å². The molecule has 0 aromatic heterocycles. The van der Waals surface area contributed by atoms with Crippen LogP contribution in [0.1, 0.15) is 15.9 Å². The highest BCUT2D eigenvalue weighted by molar-refractivity contribution is 6.11. The van der Waals surface area contributed by atoms with E-state index in [1.807, 2.05) is 0 Å². The SMILES string of the molecule is O=C(c1ccccc1)c1ccc(OCC2CO2)c(O)c1O. The Morgan fingerprint density at radius 2 is 1.86 bits per heavy atom. The number of carbonyl (C=O) groups is 1. The van der Waals surface area contributed by atoms with E-state index in [4.69, 9.17) is 9.47 Å². The Morgan fingerprint density at radius 1 is 1.14 bits per heavy atom. The topological polar surface area (TPSA) is 79.3 Å². The number of ether oxygens (including phenoxy) is 2. The minimum absolute atomic E-state index is 0.0359. The van der Waals surface area contributed by atoms with Gasteiger partial charge in [0.2, 0.25) is 5.75 Å². The molecule has 1 heterocycles. The van der Waals surface area contributed by atoms with Crippen LogP contribution >= 0.6 is 0 Å². The first kappa shape index (κ1) is 13.5. The van der Waals surface area contributed by atoms with Crippen LogP contribution in [0.15, 0.2) is 42.5 Å². The summed E-state index contributed by atoms with van der Waals surface area (Å²) in [5.74, 6) is -1.14. The molecule has 0 saturated carbocycles. The Kier molecular flexibility index (Phi) is 3.50. The summed E-state index contributed by atoms with van der Waals surface area (Å²) >= 11 is 0. The van der Waals surface area contributed by atoms with Crippen molar-refractivity contribution in [1.29, 1.82) is 0 Å². The van der Waals surface area contributed by atoms with Gasteiger partial charge in [0.05, 0.1) is 12.2 Å². The molecule has 1 aliphatic heterocycles. The zero-order chi connectivity index (χ0) is 14.8. The summed E-state index contributed by atoms with van der Waals surface area (Å²) in [7, 11) is 0. The second-order valence-electron chi connectivity index (χ2n) is 4.77. The third-order valence-corrected chi connectivity index (χ3v) is 3.22. The Balaban J connectivity index is 1.86. The standard InChI is InChI=1S/C16H14O5/c17-14(10-4-2-1-3-5-10)12-6-7-13(16(19)15(12)18)21-9-11-8-20-11/h1-7,11,18-19H,8-9H2. The van der Waals surface area contributed by atoms with E-state index in [0.717, 1.165) is 0 Å². The molecule has 1 fully saturated rings. The molecule has 2 aromatic carbocycles. The van der Waals surface area contributed by atoms with Gasteiger partial charge in [0, 0.05) is 5.56 Å². The number of aromatic hydroxyl groups is 2. The van der Waals surface area contributed by atoms with Gasteiger partial charge in [-0.1, -0.05) is 30.3 Å². The largest absolute Gasteiger partial charge is 0.504 e. The van der Waals surface area contributed by atoms with Crippen LogP contribution in [-0.4, -0.2) is 35.3 Å². The van der Waals surface area contributed by atoms with Crippen molar-refractivity contribution in [1.82, 2.24) is 0 Å². The normalized spacial score (nSPS) is 16.5. The van der Waals surface area contributed by atoms with Gasteiger partial charge in [-0.25, -0.2) is 0 Å². The molecule has 21 heavy (non-hydrogen) atoms. The van der Waals surface area contributed by atoms with Crippen molar-refractivity contribution in [2.75, 3.05) is 13.2 Å². The first-order chi connectivity index (χ1) is 10.2. The van der Waals surface area contributed by atoms with Crippen molar-refractivity contribution in [2.24, 2.45) is 0 Å². The fourth-order valence-corrected chi connectivity index (χ4v) is 1.95. The number of phenols is 2. The number of carbonyl (C=O) groups excluding carboxylic acids is 1. The molecular formula is C16H14O5. The molecule has 1 atom stereocenters. The minimum Gasteiger partial charge on any atom is -0.504 e. The molecule has 2 aromatic rings. The number of benzene rings is 2. The van der Waals surface area contributed by atoms with Gasteiger partial charge in [-0.3, -0.25) is 4.79 Å². The highest BCUT2D eigenvalue weighted by atomic mass is 16.6. The first-order valence-electron chi connectivity index (χ1n) is 6.56. The predicted octanol–water partition coefficient (Wildman–Crippen LogP) is 2.11. The van der Waals surface area contributed by atoms with Gasteiger partial charge >= 0.3 is 0 Å². The van der Waals surface area contributed by atoms with E-state index in [9.17, 15) is 15.0 Å². The highest BCUT2D eigenvalue weighted by Crippen LogP contribution is 2.39. The van der Waals surface area contributed by atoms with Gasteiger partial charge in [0.15, 0.2) is 17.3 Å². The Labute approximate surface area is 121 Å². The fourth-order valence-electron chi connectivity index (χ4n) is 1.95. The van der Waals surface area contributed by atoms with E-state index in [0.29, 0.717) is 18.8 Å². The van der Waals surface area contributed by atoms with Crippen molar-refractivity contribution in [3.8, 4) is 17.2 Å². The molecule has 108 valence electrons. The van der Waals surface area contributed by atoms with Gasteiger partial charge < -0.3 is 19.7 Å². The maximum atomic E-state index is 12.3. The maximum absolute atomic E-state index is 12.3. The molecule has 0 bridgehead atoms. The third-order valence-electron chi connectivity index (χ3n) is 3.22. The van der Waals surface area contributed by atoms with E-state index in [2.05, 4.69) is 0 Å². The van der Waals surface area contributed by atoms with Crippen molar-refractivity contribution >= 4 is 5.78 Å². The van der Waals surface area contributed by atoms with E-state index in [1.165, 1.54) is 12.1 Å². The van der Waals surface area contributed by atoms with Crippen molar-refractivity contribution < 1.29 is 24.5 Å². The molecule has 0 aliphatic carbocycles. The number of rotatable bonds is 5. The van der Waals surface area contributed by atoms with Gasteiger partial charge in [-0.2, -0.15) is 0 Å². The predicted molar refractivity (Wildman–Crippen MR) is 74.9 cm³/mol. The Morgan fingerprint density at radius 3 is 2.52 bits per heavy atom. The Hall–Kier alpha value is -2.53. The molecule has 5 heteroatoms. The van der Waals surface area contributed by atoms with Crippen molar-refractivity contribution in [2.45, 2.75) is 6.10 Å². The average molecular weight is 286 g/mol. The average Bonchev–Trinajstić information content (AvgIpc) is 3.33. The van der Waals surface area contributed by atoms with Crippen LogP contribution in [0.2, 0.25) is 0 Å². The molecule has 1 unspecified atom stereocenters. The fraction of sp³-hybridized carbons (Fsp3) is 0.188.